The Kier molecular flexibility index (Phi) is 5.23. The van der Waals surface area contributed by atoms with Crippen LogP contribution in [0.3, 0.4) is 0 Å². The Balaban J connectivity index is 1.62. The predicted molar refractivity (Wildman–Crippen MR) is 89.3 cm³/mol. The van der Waals surface area contributed by atoms with Crippen molar-refractivity contribution in [1.82, 2.24) is 14.9 Å². The molecule has 0 spiro atoms. The van der Waals surface area contributed by atoms with Crippen molar-refractivity contribution in [2.75, 3.05) is 13.1 Å². The Morgan fingerprint density at radius 3 is 2.68 bits per heavy atom. The van der Waals surface area contributed by atoms with Gasteiger partial charge in [-0.15, -0.1) is 0 Å². The smallest absolute Gasteiger partial charge is 0.308 e. The van der Waals surface area contributed by atoms with Crippen molar-refractivity contribution in [2.45, 2.75) is 25.9 Å². The molecule has 1 aliphatic heterocycles. The van der Waals surface area contributed by atoms with Crippen LogP contribution in [-0.2, 0) is 4.79 Å². The number of ether oxygens (including phenoxy) is 2. The van der Waals surface area contributed by atoms with Crippen molar-refractivity contribution in [3.8, 4) is 11.6 Å². The van der Waals surface area contributed by atoms with Crippen LogP contribution in [0.1, 0.15) is 30.1 Å². The van der Waals surface area contributed by atoms with Crippen LogP contribution in [0.15, 0.2) is 42.9 Å². The number of carbonyl (C=O) groups is 2. The van der Waals surface area contributed by atoms with Gasteiger partial charge in [-0.1, -0.05) is 0 Å². The molecule has 130 valence electrons. The number of likely N-dealkylation sites (tertiary alicyclic amines) is 1. The fourth-order valence-electron chi connectivity index (χ4n) is 2.75. The number of piperidine rings is 1. The molecule has 0 radical (unpaired) electrons. The summed E-state index contributed by atoms with van der Waals surface area (Å²) in [6.07, 6.45) is 4.71. The number of nitrogens with zero attached hydrogens (tertiary/aromatic N) is 3. The summed E-state index contributed by atoms with van der Waals surface area (Å²) in [6.45, 7) is 2.54. The Bertz CT molecular complexity index is 734. The molecule has 1 aromatic heterocycles. The first-order valence-corrected chi connectivity index (χ1v) is 8.12. The molecule has 0 bridgehead atoms. The van der Waals surface area contributed by atoms with E-state index in [1.165, 1.54) is 13.3 Å². The highest BCUT2D eigenvalue weighted by Crippen LogP contribution is 2.19. The average molecular weight is 341 g/mol. The molecule has 25 heavy (non-hydrogen) atoms. The quantitative estimate of drug-likeness (QED) is 0.626. The highest BCUT2D eigenvalue weighted by atomic mass is 16.5. The summed E-state index contributed by atoms with van der Waals surface area (Å²) >= 11 is 0. The molecule has 1 unspecified atom stereocenters. The van der Waals surface area contributed by atoms with Crippen LogP contribution in [0.5, 0.6) is 11.6 Å². The molecule has 1 amide bonds. The molecule has 0 N–H and O–H groups in total. The Morgan fingerprint density at radius 2 is 2.00 bits per heavy atom. The summed E-state index contributed by atoms with van der Waals surface area (Å²) in [7, 11) is 0. The topological polar surface area (TPSA) is 81.6 Å². The number of carbonyl (C=O) groups excluding carboxylic acids is 2. The first kappa shape index (κ1) is 16.9. The van der Waals surface area contributed by atoms with Gasteiger partial charge in [-0.2, -0.15) is 0 Å². The van der Waals surface area contributed by atoms with Crippen LogP contribution in [0.4, 0.5) is 0 Å². The average Bonchev–Trinajstić information content (AvgIpc) is 2.62. The molecule has 7 heteroatoms. The van der Waals surface area contributed by atoms with E-state index in [9.17, 15) is 9.59 Å². The molecule has 1 fully saturated rings. The molecule has 1 saturated heterocycles. The van der Waals surface area contributed by atoms with Crippen molar-refractivity contribution < 1.29 is 19.1 Å². The van der Waals surface area contributed by atoms with E-state index >= 15 is 0 Å². The second kappa shape index (κ2) is 7.74. The lowest BCUT2D eigenvalue weighted by molar-refractivity contribution is -0.131. The predicted octanol–water partition coefficient (Wildman–Crippen LogP) is 2.09. The first-order valence-electron chi connectivity index (χ1n) is 8.12. The van der Waals surface area contributed by atoms with Crippen molar-refractivity contribution in [3.63, 3.8) is 0 Å². The lowest BCUT2D eigenvalue weighted by Crippen LogP contribution is -2.44. The Hall–Kier alpha value is -2.96. The van der Waals surface area contributed by atoms with Crippen LogP contribution in [0.25, 0.3) is 0 Å². The highest BCUT2D eigenvalue weighted by molar-refractivity contribution is 5.94. The van der Waals surface area contributed by atoms with Gasteiger partial charge in [0.15, 0.2) is 0 Å². The number of esters is 1. The summed E-state index contributed by atoms with van der Waals surface area (Å²) < 4.78 is 10.8. The highest BCUT2D eigenvalue weighted by Gasteiger charge is 2.26. The molecule has 1 atom stereocenters. The van der Waals surface area contributed by atoms with Gasteiger partial charge in [0.1, 0.15) is 18.2 Å². The lowest BCUT2D eigenvalue weighted by Gasteiger charge is -2.32. The van der Waals surface area contributed by atoms with Gasteiger partial charge in [-0.3, -0.25) is 9.59 Å². The third kappa shape index (κ3) is 4.53. The van der Waals surface area contributed by atoms with E-state index in [0.717, 1.165) is 12.8 Å². The van der Waals surface area contributed by atoms with Crippen molar-refractivity contribution in [2.24, 2.45) is 0 Å². The van der Waals surface area contributed by atoms with Crippen molar-refractivity contribution >= 4 is 11.9 Å². The van der Waals surface area contributed by atoms with Gasteiger partial charge < -0.3 is 14.4 Å². The fourth-order valence-corrected chi connectivity index (χ4v) is 2.75. The minimum absolute atomic E-state index is 0.0645. The van der Waals surface area contributed by atoms with Gasteiger partial charge in [0.05, 0.1) is 6.54 Å². The minimum Gasteiger partial charge on any atom is -0.472 e. The largest absolute Gasteiger partial charge is 0.472 e. The molecule has 1 aliphatic rings. The van der Waals surface area contributed by atoms with Crippen molar-refractivity contribution in [3.05, 3.63) is 48.4 Å². The van der Waals surface area contributed by atoms with Crippen LogP contribution < -0.4 is 9.47 Å². The Labute approximate surface area is 145 Å². The number of hydrogen-bond acceptors (Lipinski definition) is 6. The first-order chi connectivity index (χ1) is 12.1. The van der Waals surface area contributed by atoms with Crippen molar-refractivity contribution in [1.29, 1.82) is 0 Å². The van der Waals surface area contributed by atoms with Crippen LogP contribution in [0, 0.1) is 0 Å². The fraction of sp³-hybridized carbons (Fsp3) is 0.333. The van der Waals surface area contributed by atoms with E-state index in [1.807, 2.05) is 0 Å². The van der Waals surface area contributed by atoms with Gasteiger partial charge in [0.2, 0.25) is 5.88 Å². The standard InChI is InChI=1S/C18H19N3O4/c1-13(22)24-15-6-4-14(5-7-15)18(23)21-10-2-3-16(11-21)25-17-8-9-19-12-20-17/h4-9,12,16H,2-3,10-11H2,1H3. The van der Waals surface area contributed by atoms with Gasteiger partial charge in [0.25, 0.3) is 5.91 Å². The van der Waals surface area contributed by atoms with E-state index in [4.69, 9.17) is 9.47 Å². The second-order valence-corrected chi connectivity index (χ2v) is 5.80. The molecule has 0 aliphatic carbocycles. The second-order valence-electron chi connectivity index (χ2n) is 5.80. The minimum atomic E-state index is -0.389. The molecular formula is C18H19N3O4. The number of hydrogen-bond donors (Lipinski definition) is 0. The normalized spacial score (nSPS) is 17.0. The SMILES string of the molecule is CC(=O)Oc1ccc(C(=O)N2CCCC(Oc3ccncn3)C2)cc1. The van der Waals surface area contributed by atoms with Gasteiger partial charge in [-0.25, -0.2) is 9.97 Å². The maximum Gasteiger partial charge on any atom is 0.308 e. The van der Waals surface area contributed by atoms with E-state index < -0.39 is 0 Å². The van der Waals surface area contributed by atoms with E-state index in [0.29, 0.717) is 30.3 Å². The van der Waals surface area contributed by atoms with Crippen LogP contribution in [-0.4, -0.2) is 45.9 Å². The van der Waals surface area contributed by atoms with E-state index in [-0.39, 0.29) is 18.0 Å². The van der Waals surface area contributed by atoms with E-state index in [1.54, 1.807) is 41.4 Å². The molecule has 2 aromatic rings. The molecule has 2 heterocycles. The summed E-state index contributed by atoms with van der Waals surface area (Å²) in [5.41, 5.74) is 0.554. The lowest BCUT2D eigenvalue weighted by atomic mass is 10.1. The molecule has 1 aromatic carbocycles. The van der Waals surface area contributed by atoms with Crippen LogP contribution >= 0.6 is 0 Å². The van der Waals surface area contributed by atoms with E-state index in [2.05, 4.69) is 9.97 Å². The summed E-state index contributed by atoms with van der Waals surface area (Å²) in [5.74, 6) is 0.484. The zero-order valence-corrected chi connectivity index (χ0v) is 13.9. The monoisotopic (exact) mass is 341 g/mol. The molecule has 3 rings (SSSR count). The Morgan fingerprint density at radius 1 is 1.20 bits per heavy atom. The maximum atomic E-state index is 12.7. The van der Waals surface area contributed by atoms with Gasteiger partial charge >= 0.3 is 5.97 Å². The van der Waals surface area contributed by atoms with Gasteiger partial charge in [-0.05, 0) is 37.1 Å². The number of amides is 1. The number of aromatic nitrogens is 2. The van der Waals surface area contributed by atoms with Crippen LogP contribution in [0.2, 0.25) is 0 Å². The number of rotatable bonds is 4. The third-order valence-corrected chi connectivity index (χ3v) is 3.87. The third-order valence-electron chi connectivity index (χ3n) is 3.87. The molecular weight excluding hydrogens is 322 g/mol. The molecule has 0 saturated carbocycles. The zero-order valence-electron chi connectivity index (χ0n) is 13.9. The summed E-state index contributed by atoms with van der Waals surface area (Å²) in [4.78, 5) is 33.3. The zero-order chi connectivity index (χ0) is 17.6. The summed E-state index contributed by atoms with van der Waals surface area (Å²) in [6, 6.07) is 8.26. The molecule has 7 nitrogen and oxygen atoms in total. The maximum absolute atomic E-state index is 12.7. The number of benzene rings is 1. The van der Waals surface area contributed by atoms with Gasteiger partial charge in [0, 0.05) is 31.3 Å². The summed E-state index contributed by atoms with van der Waals surface area (Å²) in [5, 5.41) is 0.